The molecule has 4 nitrogen and oxygen atoms in total. The number of rotatable bonds is 4. The molecule has 1 heterocycles. The molecule has 1 unspecified atom stereocenters. The fourth-order valence-corrected chi connectivity index (χ4v) is 3.21. The van der Waals surface area contributed by atoms with Gasteiger partial charge in [0.25, 0.3) is 0 Å². The molecule has 0 aromatic heterocycles. The fourth-order valence-electron chi connectivity index (χ4n) is 3.21. The van der Waals surface area contributed by atoms with Crippen molar-refractivity contribution in [1.29, 1.82) is 0 Å². The summed E-state index contributed by atoms with van der Waals surface area (Å²) in [5.41, 5.74) is 1.35. The van der Waals surface area contributed by atoms with Crippen molar-refractivity contribution >= 4 is 22.8 Å². The van der Waals surface area contributed by atoms with Crippen LogP contribution in [0.15, 0.2) is 30.3 Å². The van der Waals surface area contributed by atoms with Crippen molar-refractivity contribution in [3.8, 4) is 0 Å². The van der Waals surface area contributed by atoms with E-state index >= 15 is 0 Å². The Morgan fingerprint density at radius 1 is 1.24 bits per heavy atom. The Bertz CT molecular complexity index is 490. The number of halogens is 1. The van der Waals surface area contributed by atoms with Crippen molar-refractivity contribution in [3.05, 3.63) is 35.9 Å². The Labute approximate surface area is 129 Å². The molecule has 2 aliphatic rings. The Balaban J connectivity index is 0.000000361. The van der Waals surface area contributed by atoms with Gasteiger partial charge in [-0.1, -0.05) is 30.3 Å². The molecular formula is C16H20ClNO3. The van der Waals surface area contributed by atoms with E-state index in [1.54, 1.807) is 0 Å². The molecule has 1 saturated carbocycles. The molecule has 1 aliphatic carbocycles. The molecule has 3 rings (SSSR count). The number of fused-ring (bicyclic) bond motifs is 1. The van der Waals surface area contributed by atoms with E-state index in [4.69, 9.17) is 5.11 Å². The topological polar surface area (TPSA) is 57.6 Å². The molecule has 1 N–H and O–H groups in total. The van der Waals surface area contributed by atoms with Crippen LogP contribution < -0.4 is 0 Å². The largest absolute Gasteiger partial charge is 0.481 e. The molecule has 3 atom stereocenters. The van der Waals surface area contributed by atoms with Crippen LogP contribution in [0.2, 0.25) is 0 Å². The zero-order valence-electron chi connectivity index (χ0n) is 12.0. The predicted octanol–water partition coefficient (Wildman–Crippen LogP) is 2.61. The van der Waals surface area contributed by atoms with Gasteiger partial charge in [-0.15, -0.1) is 0 Å². The molecule has 0 bridgehead atoms. The maximum absolute atomic E-state index is 10.6. The maximum atomic E-state index is 10.6. The molecule has 1 saturated heterocycles. The molecule has 5 heteroatoms. The molecule has 1 aromatic rings. The number of carbonyl (C=O) groups is 2. The number of carboxylic acid groups (broad SMARTS) is 1. The van der Waals surface area contributed by atoms with E-state index in [9.17, 15) is 9.59 Å². The van der Waals surface area contributed by atoms with Crippen LogP contribution in [0.25, 0.3) is 0 Å². The van der Waals surface area contributed by atoms with Gasteiger partial charge in [-0.3, -0.25) is 14.5 Å². The lowest BCUT2D eigenvalue weighted by atomic mass is 10.1. The Morgan fingerprint density at radius 2 is 1.76 bits per heavy atom. The van der Waals surface area contributed by atoms with E-state index in [0.29, 0.717) is 24.2 Å². The Morgan fingerprint density at radius 3 is 2.24 bits per heavy atom. The van der Waals surface area contributed by atoms with Crippen molar-refractivity contribution in [2.24, 2.45) is 17.8 Å². The first kappa shape index (κ1) is 16.0. The first-order valence-electron chi connectivity index (χ1n) is 7.11. The van der Waals surface area contributed by atoms with Gasteiger partial charge in [0.2, 0.25) is 5.24 Å². The molecule has 21 heavy (non-hydrogen) atoms. The highest BCUT2D eigenvalue weighted by atomic mass is 35.5. The number of hydrogen-bond donors (Lipinski definition) is 1. The van der Waals surface area contributed by atoms with Crippen LogP contribution in [-0.2, 0) is 16.1 Å². The lowest BCUT2D eigenvalue weighted by Gasteiger charge is -2.18. The zero-order chi connectivity index (χ0) is 15.4. The summed E-state index contributed by atoms with van der Waals surface area (Å²) in [5.74, 6) is 1.11. The zero-order valence-corrected chi connectivity index (χ0v) is 12.8. The number of hydrogen-bond acceptors (Lipinski definition) is 3. The van der Waals surface area contributed by atoms with Gasteiger partial charge in [0.05, 0.1) is 0 Å². The quantitative estimate of drug-likeness (QED) is 0.869. The van der Waals surface area contributed by atoms with Crippen molar-refractivity contribution in [3.63, 3.8) is 0 Å². The van der Waals surface area contributed by atoms with Gasteiger partial charge in [-0.25, -0.2) is 0 Å². The van der Waals surface area contributed by atoms with Crippen LogP contribution in [-0.4, -0.2) is 34.3 Å². The second-order valence-electron chi connectivity index (χ2n) is 5.74. The second kappa shape index (κ2) is 7.05. The maximum Gasteiger partial charge on any atom is 0.303 e. The van der Waals surface area contributed by atoms with Gasteiger partial charge in [0, 0.05) is 33.0 Å². The number of benzene rings is 1. The van der Waals surface area contributed by atoms with Crippen molar-refractivity contribution in [2.75, 3.05) is 13.1 Å². The lowest BCUT2D eigenvalue weighted by molar-refractivity contribution is -0.137. The Hall–Kier alpha value is -1.39. The first-order valence-corrected chi connectivity index (χ1v) is 7.49. The molecule has 1 aliphatic heterocycles. The van der Waals surface area contributed by atoms with E-state index in [-0.39, 0.29) is 5.24 Å². The Kier molecular flexibility index (Phi) is 5.37. The standard InChI is InChI=1S/C14H17NO2.C2H3ClO/c16-14(17)6-11-12-8-15(9-13(11)12)7-10-4-2-1-3-5-10;1-2(3)4/h1-5,11-13H,6-9H2,(H,16,17);1H3/t11?,12-,13+;. The summed E-state index contributed by atoms with van der Waals surface area (Å²) in [6.45, 7) is 4.46. The smallest absolute Gasteiger partial charge is 0.303 e. The van der Waals surface area contributed by atoms with Crippen LogP contribution in [0.3, 0.4) is 0 Å². The van der Waals surface area contributed by atoms with Gasteiger partial charge in [0.1, 0.15) is 0 Å². The minimum Gasteiger partial charge on any atom is -0.481 e. The number of carboxylic acids is 1. The fraction of sp³-hybridized carbons (Fsp3) is 0.500. The highest BCUT2D eigenvalue weighted by Gasteiger charge is 2.55. The summed E-state index contributed by atoms with van der Waals surface area (Å²) in [6, 6.07) is 10.5. The van der Waals surface area contributed by atoms with Crippen molar-refractivity contribution in [1.82, 2.24) is 4.90 Å². The summed E-state index contributed by atoms with van der Waals surface area (Å²) >= 11 is 4.64. The van der Waals surface area contributed by atoms with E-state index in [0.717, 1.165) is 19.6 Å². The second-order valence-corrected chi connectivity index (χ2v) is 6.27. The van der Waals surface area contributed by atoms with Crippen molar-refractivity contribution in [2.45, 2.75) is 19.9 Å². The van der Waals surface area contributed by atoms with E-state index in [1.165, 1.54) is 12.5 Å². The minimum atomic E-state index is -0.640. The highest BCUT2D eigenvalue weighted by Crippen LogP contribution is 2.53. The van der Waals surface area contributed by atoms with Crippen LogP contribution >= 0.6 is 11.6 Å². The number of piperidine rings is 1. The molecule has 0 radical (unpaired) electrons. The average Bonchev–Trinajstić information content (AvgIpc) is 2.84. The van der Waals surface area contributed by atoms with Crippen LogP contribution in [0.4, 0.5) is 0 Å². The van der Waals surface area contributed by atoms with Crippen LogP contribution in [0.5, 0.6) is 0 Å². The third-order valence-corrected chi connectivity index (χ3v) is 4.11. The third kappa shape index (κ3) is 4.83. The lowest BCUT2D eigenvalue weighted by Crippen LogP contribution is -2.24. The summed E-state index contributed by atoms with van der Waals surface area (Å²) in [7, 11) is 0. The molecular weight excluding hydrogens is 290 g/mol. The van der Waals surface area contributed by atoms with Crippen LogP contribution in [0, 0.1) is 17.8 Å². The first-order chi connectivity index (χ1) is 9.97. The van der Waals surface area contributed by atoms with Gasteiger partial charge in [-0.05, 0) is 34.9 Å². The highest BCUT2D eigenvalue weighted by molar-refractivity contribution is 6.62. The summed E-state index contributed by atoms with van der Waals surface area (Å²) in [6.07, 6.45) is 0.370. The van der Waals surface area contributed by atoms with E-state index < -0.39 is 5.97 Å². The minimum absolute atomic E-state index is 0.361. The van der Waals surface area contributed by atoms with Crippen molar-refractivity contribution < 1.29 is 14.7 Å². The van der Waals surface area contributed by atoms with E-state index in [1.807, 2.05) is 6.07 Å². The summed E-state index contributed by atoms with van der Waals surface area (Å²) in [4.78, 5) is 22.3. The number of carbonyl (C=O) groups excluding carboxylic acids is 1. The SMILES string of the molecule is CC(=O)Cl.O=C(O)CC1[C@H]2CN(Cc3ccccc3)C[C@@H]12. The molecule has 2 fully saturated rings. The van der Waals surface area contributed by atoms with Gasteiger partial charge in [0.15, 0.2) is 0 Å². The monoisotopic (exact) mass is 309 g/mol. The number of nitrogens with zero attached hydrogens (tertiary/aromatic N) is 1. The predicted molar refractivity (Wildman–Crippen MR) is 81.0 cm³/mol. The van der Waals surface area contributed by atoms with Crippen LogP contribution in [0.1, 0.15) is 18.9 Å². The molecule has 0 amide bonds. The summed E-state index contributed by atoms with van der Waals surface area (Å²) < 4.78 is 0. The number of aliphatic carboxylic acids is 1. The average molecular weight is 310 g/mol. The molecule has 114 valence electrons. The summed E-state index contributed by atoms with van der Waals surface area (Å²) in [5, 5.41) is 8.41. The normalized spacial score (nSPS) is 26.5. The van der Waals surface area contributed by atoms with Gasteiger partial charge >= 0.3 is 5.97 Å². The molecule has 1 aromatic carbocycles. The third-order valence-electron chi connectivity index (χ3n) is 4.11. The van der Waals surface area contributed by atoms with E-state index in [2.05, 4.69) is 40.8 Å². The van der Waals surface area contributed by atoms with Gasteiger partial charge < -0.3 is 5.11 Å². The molecule has 0 spiro atoms. The van der Waals surface area contributed by atoms with Gasteiger partial charge in [-0.2, -0.15) is 0 Å². The number of likely N-dealkylation sites (tertiary alicyclic amines) is 1.